The fourth-order valence-electron chi connectivity index (χ4n) is 1.62. The van der Waals surface area contributed by atoms with Crippen LogP contribution in [0.1, 0.15) is 34.1 Å². The van der Waals surface area contributed by atoms with Crippen LogP contribution in [0.2, 0.25) is 5.02 Å². The van der Waals surface area contributed by atoms with Gasteiger partial charge in [-0.2, -0.15) is 4.99 Å². The fourth-order valence-corrected chi connectivity index (χ4v) is 1.75. The topological polar surface area (TPSA) is 67.8 Å². The second-order valence-corrected chi connectivity index (χ2v) is 6.54. The van der Waals surface area contributed by atoms with E-state index in [0.29, 0.717) is 23.0 Å². The number of nitrogens with one attached hydrogen (secondary N) is 1. The van der Waals surface area contributed by atoms with Gasteiger partial charge in [-0.3, -0.25) is 4.79 Å². The van der Waals surface area contributed by atoms with Crippen LogP contribution in [0.5, 0.6) is 0 Å². The van der Waals surface area contributed by atoms with Crippen LogP contribution in [0.4, 0.5) is 10.5 Å². The van der Waals surface area contributed by atoms with Crippen LogP contribution in [0, 0.1) is 5.41 Å². The van der Waals surface area contributed by atoms with E-state index in [2.05, 4.69) is 10.3 Å². The molecule has 126 valence electrons. The molecule has 0 aromatic heterocycles. The number of anilines is 1. The van der Waals surface area contributed by atoms with Crippen molar-refractivity contribution in [2.24, 2.45) is 10.4 Å². The van der Waals surface area contributed by atoms with Gasteiger partial charge in [0.25, 0.3) is 0 Å². The molecule has 6 heteroatoms. The first kappa shape index (κ1) is 19.3. The van der Waals surface area contributed by atoms with Gasteiger partial charge in [-0.05, 0) is 31.2 Å². The van der Waals surface area contributed by atoms with Gasteiger partial charge in [-0.25, -0.2) is 4.79 Å². The molecule has 0 saturated carbocycles. The van der Waals surface area contributed by atoms with Crippen molar-refractivity contribution < 1.29 is 14.3 Å². The predicted molar refractivity (Wildman–Crippen MR) is 93.5 cm³/mol. The maximum Gasteiger partial charge on any atom is 0.345 e. The summed E-state index contributed by atoms with van der Waals surface area (Å²) in [6.07, 6.45) is 0.0948. The first-order valence-electron chi connectivity index (χ1n) is 7.46. The zero-order chi connectivity index (χ0) is 17.5. The molecule has 0 atom stereocenters. The lowest BCUT2D eigenvalue weighted by Crippen LogP contribution is -2.26. The Balaban J connectivity index is 2.79. The van der Waals surface area contributed by atoms with Crippen LogP contribution in [0.25, 0.3) is 0 Å². The second kappa shape index (κ2) is 8.79. The Morgan fingerprint density at radius 3 is 2.35 bits per heavy atom. The number of ketones is 1. The van der Waals surface area contributed by atoms with Crippen LogP contribution >= 0.6 is 11.6 Å². The van der Waals surface area contributed by atoms with E-state index in [0.717, 1.165) is 0 Å². The predicted octanol–water partition coefficient (Wildman–Crippen LogP) is 4.35. The minimum atomic E-state index is -0.538. The van der Waals surface area contributed by atoms with Crippen molar-refractivity contribution in [3.8, 4) is 0 Å². The number of rotatable bonds is 6. The number of hydrogen-bond donors (Lipinski definition) is 1. The van der Waals surface area contributed by atoms with Gasteiger partial charge in [0.15, 0.2) is 0 Å². The van der Waals surface area contributed by atoms with E-state index >= 15 is 0 Å². The molecular formula is C17H23ClN2O3. The summed E-state index contributed by atoms with van der Waals surface area (Å²) in [5, 5.41) is 3.22. The highest BCUT2D eigenvalue weighted by Gasteiger charge is 2.23. The van der Waals surface area contributed by atoms with Gasteiger partial charge in [0.2, 0.25) is 0 Å². The summed E-state index contributed by atoms with van der Waals surface area (Å²) in [5.41, 5.74) is 0.513. The molecule has 0 radical (unpaired) electrons. The Morgan fingerprint density at radius 2 is 1.83 bits per heavy atom. The van der Waals surface area contributed by atoms with E-state index in [9.17, 15) is 9.59 Å². The molecule has 0 bridgehead atoms. The van der Waals surface area contributed by atoms with Crippen molar-refractivity contribution >= 4 is 34.8 Å². The Hall–Kier alpha value is -1.72. The van der Waals surface area contributed by atoms with Crippen molar-refractivity contribution in [2.45, 2.75) is 34.1 Å². The first-order valence-corrected chi connectivity index (χ1v) is 7.84. The smallest absolute Gasteiger partial charge is 0.345 e. The lowest BCUT2D eigenvalue weighted by Gasteiger charge is -2.17. The van der Waals surface area contributed by atoms with Gasteiger partial charge < -0.3 is 10.1 Å². The minimum absolute atomic E-state index is 0.00949. The molecule has 0 unspecified atom stereocenters. The summed E-state index contributed by atoms with van der Waals surface area (Å²) in [6, 6.07) is 6.16. The van der Waals surface area contributed by atoms with Crippen molar-refractivity contribution in [1.29, 1.82) is 0 Å². The van der Waals surface area contributed by atoms with E-state index in [1.54, 1.807) is 24.3 Å². The number of ether oxygens (including phenoxy) is 1. The Labute approximate surface area is 142 Å². The lowest BCUT2D eigenvalue weighted by molar-refractivity contribution is -0.125. The fraction of sp³-hybridized carbons (Fsp3) is 0.471. The number of halogens is 1. The van der Waals surface area contributed by atoms with Gasteiger partial charge in [0.05, 0.1) is 12.3 Å². The Morgan fingerprint density at radius 1 is 1.22 bits per heavy atom. The maximum absolute atomic E-state index is 12.1. The van der Waals surface area contributed by atoms with Gasteiger partial charge in [0, 0.05) is 29.2 Å². The number of hydrogen-bond acceptors (Lipinski definition) is 3. The molecule has 0 aliphatic heterocycles. The highest BCUT2D eigenvalue weighted by Crippen LogP contribution is 2.17. The van der Waals surface area contributed by atoms with E-state index in [1.165, 1.54) is 0 Å². The zero-order valence-electron chi connectivity index (χ0n) is 14.0. The number of Topliss-reactive ketones (excluding diaryl/α,β-unsaturated/α-hetero) is 1. The Bertz CT molecular complexity index is 574. The summed E-state index contributed by atoms with van der Waals surface area (Å²) in [7, 11) is 0. The van der Waals surface area contributed by atoms with Crippen LogP contribution in [-0.2, 0) is 9.53 Å². The van der Waals surface area contributed by atoms with E-state index in [-0.39, 0.29) is 18.8 Å². The number of carbonyl (C=O) groups excluding carboxylic acids is 2. The molecule has 5 nitrogen and oxygen atoms in total. The summed E-state index contributed by atoms with van der Waals surface area (Å²) < 4.78 is 5.30. The quantitative estimate of drug-likeness (QED) is 0.784. The number of nitrogens with zero attached hydrogens (tertiary/aromatic N) is 1. The maximum atomic E-state index is 12.1. The van der Waals surface area contributed by atoms with Crippen molar-refractivity contribution in [2.75, 3.05) is 18.5 Å². The van der Waals surface area contributed by atoms with Crippen LogP contribution in [-0.4, -0.2) is 30.7 Å². The minimum Gasteiger partial charge on any atom is -0.376 e. The third-order valence-electron chi connectivity index (χ3n) is 3.03. The van der Waals surface area contributed by atoms with Gasteiger partial charge in [-0.15, -0.1) is 0 Å². The molecule has 0 aliphatic rings. The lowest BCUT2D eigenvalue weighted by atomic mass is 9.88. The summed E-state index contributed by atoms with van der Waals surface area (Å²) in [5.74, 6) is 0.00949. The number of benzene rings is 1. The number of amides is 2. The van der Waals surface area contributed by atoms with E-state index < -0.39 is 11.4 Å². The molecule has 23 heavy (non-hydrogen) atoms. The normalized spacial score (nSPS) is 12.1. The Kier molecular flexibility index (Phi) is 7.39. The van der Waals surface area contributed by atoms with E-state index in [1.807, 2.05) is 27.7 Å². The molecule has 0 heterocycles. The standard InChI is InChI=1S/C17H23ClN2O3/c1-5-23-11-14(10-15(21)17(2,3)4)20-16(22)19-13-8-6-12(18)7-9-13/h6-9H,5,10-11H2,1-4H3,(H,19,22)/b20-14-. The van der Waals surface area contributed by atoms with Gasteiger partial charge >= 0.3 is 6.03 Å². The summed E-state index contributed by atoms with van der Waals surface area (Å²) in [4.78, 5) is 28.1. The molecule has 1 aromatic rings. The van der Waals surface area contributed by atoms with Gasteiger partial charge in [-0.1, -0.05) is 32.4 Å². The second-order valence-electron chi connectivity index (χ2n) is 6.10. The third kappa shape index (κ3) is 7.39. The van der Waals surface area contributed by atoms with Crippen LogP contribution in [0.15, 0.2) is 29.3 Å². The first-order chi connectivity index (χ1) is 10.7. The van der Waals surface area contributed by atoms with Gasteiger partial charge in [0.1, 0.15) is 5.78 Å². The summed E-state index contributed by atoms with van der Waals surface area (Å²) >= 11 is 5.80. The SMILES string of the molecule is CCOC/C(CC(=O)C(C)(C)C)=N\C(=O)Nc1ccc(Cl)cc1. The monoisotopic (exact) mass is 338 g/mol. The van der Waals surface area contributed by atoms with Crippen molar-refractivity contribution in [3.05, 3.63) is 29.3 Å². The van der Waals surface area contributed by atoms with Crippen molar-refractivity contribution in [1.82, 2.24) is 0 Å². The molecule has 1 N–H and O–H groups in total. The molecule has 1 rings (SSSR count). The zero-order valence-corrected chi connectivity index (χ0v) is 14.7. The highest BCUT2D eigenvalue weighted by molar-refractivity contribution is 6.30. The average molecular weight is 339 g/mol. The van der Waals surface area contributed by atoms with Crippen molar-refractivity contribution in [3.63, 3.8) is 0 Å². The molecule has 2 amide bonds. The highest BCUT2D eigenvalue weighted by atomic mass is 35.5. The molecule has 0 fully saturated rings. The van der Waals surface area contributed by atoms with Crippen LogP contribution < -0.4 is 5.32 Å². The average Bonchev–Trinajstić information content (AvgIpc) is 2.46. The number of aliphatic imine (C=N–C) groups is 1. The molecular weight excluding hydrogens is 316 g/mol. The molecule has 0 saturated heterocycles. The molecule has 0 aliphatic carbocycles. The van der Waals surface area contributed by atoms with E-state index in [4.69, 9.17) is 16.3 Å². The number of carbonyl (C=O) groups is 2. The summed E-state index contributed by atoms with van der Waals surface area (Å²) in [6.45, 7) is 8.00. The van der Waals surface area contributed by atoms with Crippen LogP contribution in [0.3, 0.4) is 0 Å². The number of urea groups is 1. The third-order valence-corrected chi connectivity index (χ3v) is 3.28. The molecule has 1 aromatic carbocycles. The largest absolute Gasteiger partial charge is 0.376 e. The molecule has 0 spiro atoms.